The maximum Gasteiger partial charge on any atom is 0.0360 e. The lowest BCUT2D eigenvalue weighted by atomic mass is 10.3. The Kier molecular flexibility index (Phi) is 3.86. The van der Waals surface area contributed by atoms with Gasteiger partial charge in [0, 0.05) is 10.9 Å². The smallest absolute Gasteiger partial charge is 0.0360 e. The van der Waals surface area contributed by atoms with E-state index in [2.05, 4.69) is 6.07 Å². The van der Waals surface area contributed by atoms with E-state index < -0.39 is 0 Å². The highest BCUT2D eigenvalue weighted by Gasteiger charge is 1.95. The Hall–Kier alpha value is -0.0500. The summed E-state index contributed by atoms with van der Waals surface area (Å²) >= 11 is 1.71. The van der Waals surface area contributed by atoms with Gasteiger partial charge in [-0.05, 0) is 18.4 Å². The SMILES string of the molecule is CC(N)c1cccs1.Cl. The van der Waals surface area contributed by atoms with Gasteiger partial charge in [-0.15, -0.1) is 23.7 Å². The molecule has 1 aromatic heterocycles. The van der Waals surface area contributed by atoms with Crippen molar-refractivity contribution in [3.8, 4) is 0 Å². The Morgan fingerprint density at radius 2 is 2.33 bits per heavy atom. The van der Waals surface area contributed by atoms with E-state index in [1.165, 1.54) is 4.88 Å². The molecule has 0 aromatic carbocycles. The first-order chi connectivity index (χ1) is 3.80. The van der Waals surface area contributed by atoms with Crippen LogP contribution in [-0.2, 0) is 0 Å². The fourth-order valence-electron chi connectivity index (χ4n) is 0.550. The number of nitrogens with two attached hydrogens (primary N) is 1. The van der Waals surface area contributed by atoms with Gasteiger partial charge in [-0.1, -0.05) is 6.07 Å². The van der Waals surface area contributed by atoms with E-state index in [4.69, 9.17) is 5.73 Å². The van der Waals surface area contributed by atoms with E-state index in [9.17, 15) is 0 Å². The van der Waals surface area contributed by atoms with Crippen LogP contribution in [0.2, 0.25) is 0 Å². The summed E-state index contributed by atoms with van der Waals surface area (Å²) in [6, 6.07) is 4.27. The van der Waals surface area contributed by atoms with Gasteiger partial charge in [-0.2, -0.15) is 0 Å². The molecule has 1 nitrogen and oxygen atoms in total. The van der Waals surface area contributed by atoms with Crippen LogP contribution >= 0.6 is 23.7 Å². The Morgan fingerprint density at radius 3 is 2.56 bits per heavy atom. The third-order valence-electron chi connectivity index (χ3n) is 0.992. The Balaban J connectivity index is 0.000000640. The molecular weight excluding hydrogens is 154 g/mol. The van der Waals surface area contributed by atoms with E-state index in [1.54, 1.807) is 11.3 Å². The Morgan fingerprint density at radius 1 is 1.67 bits per heavy atom. The number of halogens is 1. The quantitative estimate of drug-likeness (QED) is 0.675. The van der Waals surface area contributed by atoms with E-state index in [1.807, 2.05) is 18.4 Å². The minimum atomic E-state index is 0. The highest BCUT2D eigenvalue weighted by atomic mass is 35.5. The summed E-state index contributed by atoms with van der Waals surface area (Å²) in [5, 5.41) is 2.04. The van der Waals surface area contributed by atoms with Gasteiger partial charge in [0.1, 0.15) is 0 Å². The normalized spacial score (nSPS) is 12.2. The first-order valence-electron chi connectivity index (χ1n) is 2.59. The largest absolute Gasteiger partial charge is 0.324 e. The molecular formula is C6H10ClNS. The molecule has 0 saturated heterocycles. The first kappa shape index (κ1) is 8.95. The van der Waals surface area contributed by atoms with Gasteiger partial charge in [0.05, 0.1) is 0 Å². The molecule has 9 heavy (non-hydrogen) atoms. The van der Waals surface area contributed by atoms with Crippen LogP contribution in [0.4, 0.5) is 0 Å². The average molecular weight is 164 g/mol. The van der Waals surface area contributed by atoms with Gasteiger partial charge in [0.25, 0.3) is 0 Å². The number of hydrogen-bond donors (Lipinski definition) is 1. The second-order valence-corrected chi connectivity index (χ2v) is 2.78. The zero-order valence-corrected chi connectivity index (χ0v) is 6.84. The van der Waals surface area contributed by atoms with Crippen molar-refractivity contribution in [3.63, 3.8) is 0 Å². The predicted molar refractivity (Wildman–Crippen MR) is 44.2 cm³/mol. The van der Waals surface area contributed by atoms with Crippen LogP contribution in [0.1, 0.15) is 17.8 Å². The molecule has 1 unspecified atom stereocenters. The second kappa shape index (κ2) is 3.88. The third-order valence-corrected chi connectivity index (χ3v) is 2.07. The zero-order valence-electron chi connectivity index (χ0n) is 5.20. The number of hydrogen-bond acceptors (Lipinski definition) is 2. The van der Waals surface area contributed by atoms with E-state index in [0.29, 0.717) is 0 Å². The number of rotatable bonds is 1. The lowest BCUT2D eigenvalue weighted by molar-refractivity contribution is 0.838. The molecule has 52 valence electrons. The molecule has 0 saturated carbocycles. The van der Waals surface area contributed by atoms with Crippen LogP contribution < -0.4 is 5.73 Å². The van der Waals surface area contributed by atoms with Crippen molar-refractivity contribution in [1.82, 2.24) is 0 Å². The molecule has 1 rings (SSSR count). The summed E-state index contributed by atoms with van der Waals surface area (Å²) < 4.78 is 0. The molecule has 3 heteroatoms. The number of thiophene rings is 1. The maximum absolute atomic E-state index is 5.57. The lowest BCUT2D eigenvalue weighted by Crippen LogP contribution is -2.01. The zero-order chi connectivity index (χ0) is 5.98. The summed E-state index contributed by atoms with van der Waals surface area (Å²) in [5.74, 6) is 0. The molecule has 0 spiro atoms. The van der Waals surface area contributed by atoms with Gasteiger partial charge < -0.3 is 5.73 Å². The van der Waals surface area contributed by atoms with Crippen LogP contribution in [0.15, 0.2) is 17.5 Å². The summed E-state index contributed by atoms with van der Waals surface area (Å²) in [6.45, 7) is 1.99. The maximum atomic E-state index is 5.57. The van der Waals surface area contributed by atoms with E-state index in [0.717, 1.165) is 0 Å². The standard InChI is InChI=1S/C6H9NS.ClH/c1-5(7)6-3-2-4-8-6;/h2-5H,7H2,1H3;1H. The third kappa shape index (κ3) is 2.35. The van der Waals surface area contributed by atoms with Gasteiger partial charge >= 0.3 is 0 Å². The van der Waals surface area contributed by atoms with Crippen molar-refractivity contribution in [2.24, 2.45) is 5.73 Å². The minimum absolute atomic E-state index is 0. The fraction of sp³-hybridized carbons (Fsp3) is 0.333. The summed E-state index contributed by atoms with van der Waals surface area (Å²) in [6.07, 6.45) is 0. The average Bonchev–Trinajstić information content (AvgIpc) is 2.12. The monoisotopic (exact) mass is 163 g/mol. The molecule has 1 aromatic rings. The fourth-order valence-corrected chi connectivity index (χ4v) is 1.24. The lowest BCUT2D eigenvalue weighted by Gasteiger charge is -1.96. The minimum Gasteiger partial charge on any atom is -0.324 e. The molecule has 0 bridgehead atoms. The van der Waals surface area contributed by atoms with Gasteiger partial charge in [0.15, 0.2) is 0 Å². The highest BCUT2D eigenvalue weighted by Crippen LogP contribution is 2.14. The van der Waals surface area contributed by atoms with Crippen molar-refractivity contribution in [2.45, 2.75) is 13.0 Å². The second-order valence-electron chi connectivity index (χ2n) is 1.80. The van der Waals surface area contributed by atoms with Crippen molar-refractivity contribution in [3.05, 3.63) is 22.4 Å². The Bertz CT molecular complexity index is 148. The molecule has 1 atom stereocenters. The van der Waals surface area contributed by atoms with Crippen LogP contribution in [-0.4, -0.2) is 0 Å². The molecule has 0 fully saturated rings. The molecule has 0 aliphatic rings. The van der Waals surface area contributed by atoms with Crippen molar-refractivity contribution in [2.75, 3.05) is 0 Å². The highest BCUT2D eigenvalue weighted by molar-refractivity contribution is 7.10. The van der Waals surface area contributed by atoms with Crippen LogP contribution in [0.3, 0.4) is 0 Å². The van der Waals surface area contributed by atoms with Gasteiger partial charge in [-0.25, -0.2) is 0 Å². The topological polar surface area (TPSA) is 26.0 Å². The van der Waals surface area contributed by atoms with Crippen molar-refractivity contribution >= 4 is 23.7 Å². The molecule has 0 aliphatic heterocycles. The predicted octanol–water partition coefficient (Wildman–Crippen LogP) is 2.19. The summed E-state index contributed by atoms with van der Waals surface area (Å²) in [7, 11) is 0. The van der Waals surface area contributed by atoms with Gasteiger partial charge in [-0.3, -0.25) is 0 Å². The van der Waals surface area contributed by atoms with Crippen LogP contribution in [0.5, 0.6) is 0 Å². The summed E-state index contributed by atoms with van der Waals surface area (Å²) in [4.78, 5) is 1.25. The molecule has 0 amide bonds. The molecule has 2 N–H and O–H groups in total. The van der Waals surface area contributed by atoms with Crippen molar-refractivity contribution < 1.29 is 0 Å². The molecule has 1 heterocycles. The first-order valence-corrected chi connectivity index (χ1v) is 3.47. The molecule has 0 aliphatic carbocycles. The van der Waals surface area contributed by atoms with Gasteiger partial charge in [0.2, 0.25) is 0 Å². The van der Waals surface area contributed by atoms with E-state index >= 15 is 0 Å². The molecule has 0 radical (unpaired) electrons. The van der Waals surface area contributed by atoms with Crippen LogP contribution in [0, 0.1) is 0 Å². The van der Waals surface area contributed by atoms with Crippen molar-refractivity contribution in [1.29, 1.82) is 0 Å². The van der Waals surface area contributed by atoms with Crippen LogP contribution in [0.25, 0.3) is 0 Å². The Labute approximate surface area is 65.3 Å². The van der Waals surface area contributed by atoms with E-state index in [-0.39, 0.29) is 18.4 Å². The summed E-state index contributed by atoms with van der Waals surface area (Å²) in [5.41, 5.74) is 5.57.